The summed E-state index contributed by atoms with van der Waals surface area (Å²) >= 11 is 11.9. The van der Waals surface area contributed by atoms with Gasteiger partial charge in [-0.05, 0) is 37.0 Å². The third kappa shape index (κ3) is 4.02. The van der Waals surface area contributed by atoms with Crippen LogP contribution in [0.25, 0.3) is 0 Å². The van der Waals surface area contributed by atoms with Gasteiger partial charge in [-0.3, -0.25) is 4.98 Å². The van der Waals surface area contributed by atoms with Crippen molar-refractivity contribution in [1.29, 1.82) is 0 Å². The summed E-state index contributed by atoms with van der Waals surface area (Å²) in [6, 6.07) is 5.29. The molecule has 1 aliphatic rings. The van der Waals surface area contributed by atoms with Crippen molar-refractivity contribution in [1.82, 2.24) is 9.97 Å². The number of benzene rings is 1. The van der Waals surface area contributed by atoms with E-state index in [4.69, 9.17) is 27.9 Å². The second-order valence-electron chi connectivity index (χ2n) is 5.41. The van der Waals surface area contributed by atoms with Crippen molar-refractivity contribution in [3.63, 3.8) is 0 Å². The molecule has 22 heavy (non-hydrogen) atoms. The van der Waals surface area contributed by atoms with Crippen LogP contribution >= 0.6 is 23.2 Å². The van der Waals surface area contributed by atoms with Crippen molar-refractivity contribution < 1.29 is 4.74 Å². The Morgan fingerprint density at radius 2 is 1.82 bits per heavy atom. The molecule has 0 aliphatic carbocycles. The number of ether oxygens (including phenoxy) is 1. The van der Waals surface area contributed by atoms with E-state index < -0.39 is 0 Å². The molecule has 1 aromatic heterocycles. The fourth-order valence-corrected chi connectivity index (χ4v) is 3.12. The summed E-state index contributed by atoms with van der Waals surface area (Å²) in [6.07, 6.45) is 7.38. The van der Waals surface area contributed by atoms with Gasteiger partial charge in [0.1, 0.15) is 11.6 Å². The Labute approximate surface area is 140 Å². The third-order valence-corrected chi connectivity index (χ3v) is 4.25. The normalized spacial score (nSPS) is 15.8. The maximum Gasteiger partial charge on any atom is 0.147 e. The number of hydrogen-bond donors (Lipinski definition) is 0. The van der Waals surface area contributed by atoms with Crippen LogP contribution in [-0.2, 0) is 0 Å². The molecule has 0 amide bonds. The first kappa shape index (κ1) is 15.4. The quantitative estimate of drug-likeness (QED) is 0.842. The molecule has 0 spiro atoms. The van der Waals surface area contributed by atoms with Gasteiger partial charge in [-0.2, -0.15) is 0 Å². The van der Waals surface area contributed by atoms with Crippen LogP contribution in [0.5, 0.6) is 5.75 Å². The molecule has 4 nitrogen and oxygen atoms in total. The number of anilines is 1. The summed E-state index contributed by atoms with van der Waals surface area (Å²) in [6.45, 7) is 2.64. The number of aromatic nitrogens is 2. The average molecular weight is 338 g/mol. The van der Waals surface area contributed by atoms with Gasteiger partial charge in [0.25, 0.3) is 0 Å². The van der Waals surface area contributed by atoms with Gasteiger partial charge >= 0.3 is 0 Å². The van der Waals surface area contributed by atoms with E-state index in [1.807, 2.05) is 6.20 Å². The molecule has 1 aliphatic heterocycles. The van der Waals surface area contributed by atoms with Gasteiger partial charge in [0.2, 0.25) is 0 Å². The fraction of sp³-hybridized carbons (Fsp3) is 0.375. The smallest absolute Gasteiger partial charge is 0.147 e. The molecule has 1 aromatic carbocycles. The molecule has 3 rings (SSSR count). The Kier molecular flexibility index (Phi) is 5.01. The van der Waals surface area contributed by atoms with Crippen molar-refractivity contribution in [3.05, 3.63) is 46.8 Å². The zero-order chi connectivity index (χ0) is 15.4. The van der Waals surface area contributed by atoms with E-state index in [9.17, 15) is 0 Å². The Balaban J connectivity index is 1.50. The average Bonchev–Trinajstić information content (AvgIpc) is 2.53. The van der Waals surface area contributed by atoms with Gasteiger partial charge < -0.3 is 9.64 Å². The molecular weight excluding hydrogens is 321 g/mol. The maximum absolute atomic E-state index is 5.97. The summed E-state index contributed by atoms with van der Waals surface area (Å²) in [5, 5.41) is 1.19. The van der Waals surface area contributed by atoms with Crippen LogP contribution in [-0.4, -0.2) is 29.7 Å². The predicted octanol–water partition coefficient (Wildman–Crippen LogP) is 4.08. The lowest BCUT2D eigenvalue weighted by atomic mass is 9.98. The minimum Gasteiger partial charge on any atom is -0.493 e. The molecule has 0 saturated carbocycles. The highest BCUT2D eigenvalue weighted by Crippen LogP contribution is 2.26. The Hall–Kier alpha value is -1.52. The summed E-state index contributed by atoms with van der Waals surface area (Å²) in [5.74, 6) is 2.21. The van der Waals surface area contributed by atoms with Gasteiger partial charge in [-0.25, -0.2) is 4.98 Å². The number of halogens is 2. The van der Waals surface area contributed by atoms with Crippen molar-refractivity contribution in [2.24, 2.45) is 5.92 Å². The maximum atomic E-state index is 5.97. The Morgan fingerprint density at radius 3 is 2.45 bits per heavy atom. The standard InChI is InChI=1S/C16H17Cl2N3O/c17-13-7-14(18)9-15(8-13)22-11-12-1-5-21(6-2-12)16-10-19-3-4-20-16/h3-4,7-10,12H,1-2,5-6,11H2. The van der Waals surface area contributed by atoms with Crippen LogP contribution in [0.2, 0.25) is 10.0 Å². The first-order valence-electron chi connectivity index (χ1n) is 7.30. The van der Waals surface area contributed by atoms with Crippen LogP contribution in [0, 0.1) is 5.92 Å². The summed E-state index contributed by atoms with van der Waals surface area (Å²) < 4.78 is 5.83. The predicted molar refractivity (Wildman–Crippen MR) is 88.9 cm³/mol. The molecule has 0 radical (unpaired) electrons. The number of piperidine rings is 1. The van der Waals surface area contributed by atoms with Crippen LogP contribution < -0.4 is 9.64 Å². The van der Waals surface area contributed by atoms with E-state index in [1.54, 1.807) is 30.6 Å². The van der Waals surface area contributed by atoms with Gasteiger partial charge in [0, 0.05) is 35.5 Å². The van der Waals surface area contributed by atoms with Crippen molar-refractivity contribution in [2.75, 3.05) is 24.6 Å². The molecule has 6 heteroatoms. The lowest BCUT2D eigenvalue weighted by Crippen LogP contribution is -2.36. The molecule has 0 bridgehead atoms. The minimum absolute atomic E-state index is 0.533. The molecule has 1 fully saturated rings. The first-order valence-corrected chi connectivity index (χ1v) is 8.06. The van der Waals surface area contributed by atoms with Crippen molar-refractivity contribution in [3.8, 4) is 5.75 Å². The summed E-state index contributed by atoms with van der Waals surface area (Å²) in [7, 11) is 0. The van der Waals surface area contributed by atoms with E-state index >= 15 is 0 Å². The highest BCUT2D eigenvalue weighted by molar-refractivity contribution is 6.34. The molecule has 0 atom stereocenters. The zero-order valence-corrected chi connectivity index (χ0v) is 13.6. The van der Waals surface area contributed by atoms with Gasteiger partial charge in [-0.15, -0.1) is 0 Å². The monoisotopic (exact) mass is 337 g/mol. The van der Waals surface area contributed by atoms with Gasteiger partial charge in [-0.1, -0.05) is 23.2 Å². The second kappa shape index (κ2) is 7.16. The SMILES string of the molecule is Clc1cc(Cl)cc(OCC2CCN(c3cnccn3)CC2)c1. The summed E-state index contributed by atoms with van der Waals surface area (Å²) in [5.41, 5.74) is 0. The van der Waals surface area contributed by atoms with E-state index in [2.05, 4.69) is 14.9 Å². The number of rotatable bonds is 4. The molecule has 116 valence electrons. The zero-order valence-electron chi connectivity index (χ0n) is 12.1. The van der Waals surface area contributed by atoms with E-state index in [0.29, 0.717) is 22.6 Å². The Morgan fingerprint density at radius 1 is 1.09 bits per heavy atom. The molecular formula is C16H17Cl2N3O. The molecule has 0 unspecified atom stereocenters. The Bertz CT molecular complexity index is 596. The molecule has 0 N–H and O–H groups in total. The van der Waals surface area contributed by atoms with Crippen molar-refractivity contribution >= 4 is 29.0 Å². The fourth-order valence-electron chi connectivity index (χ4n) is 2.61. The van der Waals surface area contributed by atoms with Crippen LogP contribution in [0.4, 0.5) is 5.82 Å². The van der Waals surface area contributed by atoms with Crippen molar-refractivity contribution in [2.45, 2.75) is 12.8 Å². The topological polar surface area (TPSA) is 38.2 Å². The molecule has 2 aromatic rings. The second-order valence-corrected chi connectivity index (χ2v) is 6.28. The summed E-state index contributed by atoms with van der Waals surface area (Å²) in [4.78, 5) is 10.7. The minimum atomic E-state index is 0.533. The largest absolute Gasteiger partial charge is 0.493 e. The highest BCUT2D eigenvalue weighted by Gasteiger charge is 2.20. The third-order valence-electron chi connectivity index (χ3n) is 3.81. The lowest BCUT2D eigenvalue weighted by Gasteiger charge is -2.32. The highest BCUT2D eigenvalue weighted by atomic mass is 35.5. The van der Waals surface area contributed by atoms with E-state index in [-0.39, 0.29) is 0 Å². The number of nitrogens with zero attached hydrogens (tertiary/aromatic N) is 3. The molecule has 2 heterocycles. The first-order chi connectivity index (χ1) is 10.7. The van der Waals surface area contributed by atoms with Crippen LogP contribution in [0.3, 0.4) is 0 Å². The molecule has 1 saturated heterocycles. The van der Waals surface area contributed by atoms with E-state index in [1.165, 1.54) is 0 Å². The van der Waals surface area contributed by atoms with Crippen LogP contribution in [0.15, 0.2) is 36.8 Å². The van der Waals surface area contributed by atoms with Crippen LogP contribution in [0.1, 0.15) is 12.8 Å². The van der Waals surface area contributed by atoms with Gasteiger partial charge in [0.05, 0.1) is 12.8 Å². The van der Waals surface area contributed by atoms with E-state index in [0.717, 1.165) is 37.5 Å². The lowest BCUT2D eigenvalue weighted by molar-refractivity contribution is 0.222. The number of hydrogen-bond acceptors (Lipinski definition) is 4. The van der Waals surface area contributed by atoms with Gasteiger partial charge in [0.15, 0.2) is 0 Å².